The van der Waals surface area contributed by atoms with E-state index in [-0.39, 0.29) is 12.1 Å². The van der Waals surface area contributed by atoms with Crippen molar-refractivity contribution in [3.8, 4) is 0 Å². The fraction of sp³-hybridized carbons (Fsp3) is 0.812. The van der Waals surface area contributed by atoms with Crippen LogP contribution in [0, 0.1) is 0 Å². The van der Waals surface area contributed by atoms with E-state index in [1.54, 1.807) is 0 Å². The summed E-state index contributed by atoms with van der Waals surface area (Å²) in [5.41, 5.74) is 0.649. The Morgan fingerprint density at radius 3 is 2.11 bits per heavy atom. The van der Waals surface area contributed by atoms with E-state index in [0.29, 0.717) is 5.57 Å². The van der Waals surface area contributed by atoms with Crippen molar-refractivity contribution in [3.05, 3.63) is 12.2 Å². The lowest BCUT2D eigenvalue weighted by molar-refractivity contribution is -0.139. The lowest BCUT2D eigenvalue weighted by atomic mass is 10.0. The van der Waals surface area contributed by atoms with Crippen LogP contribution < -0.4 is 0 Å². The zero-order valence-corrected chi connectivity index (χ0v) is 11.9. The fourth-order valence-electron chi connectivity index (χ4n) is 2.48. The largest absolute Gasteiger partial charge is 0.459 e. The molecule has 0 spiro atoms. The Balaban J connectivity index is 1.84. The molecule has 0 N–H and O–H groups in total. The van der Waals surface area contributed by atoms with Gasteiger partial charge >= 0.3 is 5.97 Å². The van der Waals surface area contributed by atoms with E-state index in [2.05, 4.69) is 13.5 Å². The van der Waals surface area contributed by atoms with Crippen LogP contribution in [-0.2, 0) is 9.53 Å². The standard InChI is InChI=1S/C16H28O2/c1-3-4-5-6-7-8-9-10-11-12-15-13-14(2)16(17)18-15/h15H,2-13H2,1H3/t15-/m0/s1. The molecule has 104 valence electrons. The molecule has 0 unspecified atom stereocenters. The van der Waals surface area contributed by atoms with Crippen LogP contribution in [0.1, 0.15) is 77.6 Å². The minimum Gasteiger partial charge on any atom is -0.459 e. The second-order valence-electron chi connectivity index (χ2n) is 5.45. The van der Waals surface area contributed by atoms with Gasteiger partial charge in [0.1, 0.15) is 6.10 Å². The normalized spacial score (nSPS) is 19.3. The lowest BCUT2D eigenvalue weighted by Gasteiger charge is -2.07. The van der Waals surface area contributed by atoms with Crippen LogP contribution in [0.5, 0.6) is 0 Å². The molecule has 1 fully saturated rings. The van der Waals surface area contributed by atoms with Gasteiger partial charge in [-0.1, -0.05) is 64.9 Å². The first-order valence-electron chi connectivity index (χ1n) is 7.62. The third kappa shape index (κ3) is 6.23. The van der Waals surface area contributed by atoms with E-state index in [4.69, 9.17) is 4.74 Å². The van der Waals surface area contributed by atoms with Gasteiger partial charge in [-0.05, 0) is 12.8 Å². The molecule has 0 aromatic rings. The van der Waals surface area contributed by atoms with Crippen LogP contribution in [0.4, 0.5) is 0 Å². The Hall–Kier alpha value is -0.790. The van der Waals surface area contributed by atoms with Crippen molar-refractivity contribution >= 4 is 5.97 Å². The highest BCUT2D eigenvalue weighted by Crippen LogP contribution is 2.23. The number of carbonyl (C=O) groups excluding carboxylic acids is 1. The van der Waals surface area contributed by atoms with E-state index in [1.807, 2.05) is 0 Å². The van der Waals surface area contributed by atoms with Gasteiger partial charge in [-0.3, -0.25) is 0 Å². The number of unbranched alkanes of at least 4 members (excludes halogenated alkanes) is 8. The first kappa shape index (κ1) is 15.3. The molecular formula is C16H28O2. The van der Waals surface area contributed by atoms with Gasteiger partial charge in [-0.25, -0.2) is 4.79 Å². The Morgan fingerprint density at radius 2 is 1.61 bits per heavy atom. The van der Waals surface area contributed by atoms with Gasteiger partial charge in [-0.2, -0.15) is 0 Å². The van der Waals surface area contributed by atoms with Crippen molar-refractivity contribution in [2.75, 3.05) is 0 Å². The van der Waals surface area contributed by atoms with Crippen molar-refractivity contribution in [1.82, 2.24) is 0 Å². The summed E-state index contributed by atoms with van der Waals surface area (Å²) in [6.45, 7) is 5.96. The highest BCUT2D eigenvalue weighted by molar-refractivity contribution is 5.89. The molecule has 0 aliphatic carbocycles. The fourth-order valence-corrected chi connectivity index (χ4v) is 2.48. The van der Waals surface area contributed by atoms with E-state index < -0.39 is 0 Å². The molecule has 0 aromatic heterocycles. The van der Waals surface area contributed by atoms with Crippen molar-refractivity contribution in [1.29, 1.82) is 0 Å². The molecule has 2 nitrogen and oxygen atoms in total. The summed E-state index contributed by atoms with van der Waals surface area (Å²) in [5.74, 6) is -0.184. The molecule has 0 amide bonds. The van der Waals surface area contributed by atoms with E-state index in [0.717, 1.165) is 12.8 Å². The van der Waals surface area contributed by atoms with Crippen LogP contribution in [-0.4, -0.2) is 12.1 Å². The molecular weight excluding hydrogens is 224 g/mol. The molecule has 1 rings (SSSR count). The summed E-state index contributed by atoms with van der Waals surface area (Å²) < 4.78 is 5.21. The van der Waals surface area contributed by atoms with Gasteiger partial charge in [0, 0.05) is 12.0 Å². The highest BCUT2D eigenvalue weighted by Gasteiger charge is 2.26. The Kier molecular flexibility index (Phi) is 7.79. The maximum atomic E-state index is 11.1. The third-order valence-corrected chi connectivity index (χ3v) is 3.67. The number of hydrogen-bond acceptors (Lipinski definition) is 2. The molecule has 1 atom stereocenters. The number of ether oxygens (including phenoxy) is 1. The zero-order valence-electron chi connectivity index (χ0n) is 11.9. The van der Waals surface area contributed by atoms with Crippen LogP contribution >= 0.6 is 0 Å². The number of rotatable bonds is 10. The minimum absolute atomic E-state index is 0.120. The summed E-state index contributed by atoms with van der Waals surface area (Å²) in [6, 6.07) is 0. The predicted molar refractivity (Wildman–Crippen MR) is 75.5 cm³/mol. The molecule has 1 aliphatic heterocycles. The number of carbonyl (C=O) groups is 1. The lowest BCUT2D eigenvalue weighted by Crippen LogP contribution is -2.06. The first-order valence-corrected chi connectivity index (χ1v) is 7.62. The summed E-state index contributed by atoms with van der Waals surface area (Å²) in [4.78, 5) is 11.1. The number of hydrogen-bond donors (Lipinski definition) is 0. The molecule has 1 heterocycles. The van der Waals surface area contributed by atoms with Crippen LogP contribution in [0.2, 0.25) is 0 Å². The van der Waals surface area contributed by atoms with Gasteiger partial charge in [0.2, 0.25) is 0 Å². The van der Waals surface area contributed by atoms with Gasteiger partial charge in [0.25, 0.3) is 0 Å². The molecule has 0 radical (unpaired) electrons. The Labute approximate surface area is 112 Å². The topological polar surface area (TPSA) is 26.3 Å². The maximum Gasteiger partial charge on any atom is 0.333 e. The molecule has 1 aliphatic rings. The van der Waals surface area contributed by atoms with E-state index in [9.17, 15) is 4.79 Å². The first-order chi connectivity index (χ1) is 8.74. The molecule has 1 saturated heterocycles. The van der Waals surface area contributed by atoms with Crippen molar-refractivity contribution in [3.63, 3.8) is 0 Å². The maximum absolute atomic E-state index is 11.1. The average molecular weight is 252 g/mol. The molecule has 0 bridgehead atoms. The molecule has 18 heavy (non-hydrogen) atoms. The van der Waals surface area contributed by atoms with Crippen LogP contribution in [0.25, 0.3) is 0 Å². The highest BCUT2D eigenvalue weighted by atomic mass is 16.5. The van der Waals surface area contributed by atoms with Gasteiger partial charge in [-0.15, -0.1) is 0 Å². The van der Waals surface area contributed by atoms with Gasteiger partial charge in [0.05, 0.1) is 0 Å². The number of cyclic esters (lactones) is 1. The smallest absolute Gasteiger partial charge is 0.333 e. The minimum atomic E-state index is -0.184. The van der Waals surface area contributed by atoms with Crippen molar-refractivity contribution in [2.45, 2.75) is 83.7 Å². The Morgan fingerprint density at radius 1 is 1.06 bits per heavy atom. The van der Waals surface area contributed by atoms with E-state index >= 15 is 0 Å². The van der Waals surface area contributed by atoms with Crippen LogP contribution in [0.15, 0.2) is 12.2 Å². The summed E-state index contributed by atoms with van der Waals surface area (Å²) in [6.07, 6.45) is 13.9. The van der Waals surface area contributed by atoms with Crippen molar-refractivity contribution < 1.29 is 9.53 Å². The summed E-state index contributed by atoms with van der Waals surface area (Å²) in [5, 5.41) is 0. The predicted octanol–water partition coefficient (Wildman–Crippen LogP) is 4.78. The summed E-state index contributed by atoms with van der Waals surface area (Å²) >= 11 is 0. The van der Waals surface area contributed by atoms with Gasteiger partial charge < -0.3 is 4.74 Å². The molecule has 0 saturated carbocycles. The van der Waals surface area contributed by atoms with Gasteiger partial charge in [0.15, 0.2) is 0 Å². The van der Waals surface area contributed by atoms with Crippen LogP contribution in [0.3, 0.4) is 0 Å². The van der Waals surface area contributed by atoms with Crippen molar-refractivity contribution in [2.24, 2.45) is 0 Å². The second kappa shape index (κ2) is 9.18. The SMILES string of the molecule is C=C1C[C@H](CCCCCCCCCCC)OC1=O. The second-order valence-corrected chi connectivity index (χ2v) is 5.45. The third-order valence-electron chi connectivity index (χ3n) is 3.67. The summed E-state index contributed by atoms with van der Waals surface area (Å²) in [7, 11) is 0. The quantitative estimate of drug-likeness (QED) is 0.318. The molecule has 2 heteroatoms. The molecule has 0 aromatic carbocycles. The monoisotopic (exact) mass is 252 g/mol. The Bertz CT molecular complexity index is 242. The van der Waals surface area contributed by atoms with E-state index in [1.165, 1.54) is 57.8 Å². The number of esters is 1. The zero-order chi connectivity index (χ0) is 13.2. The average Bonchev–Trinajstić information content (AvgIpc) is 2.67.